The van der Waals surface area contributed by atoms with E-state index in [4.69, 9.17) is 21.3 Å². The maximum Gasteiger partial charge on any atom is 0.410 e. The van der Waals surface area contributed by atoms with Crippen LogP contribution in [0.4, 0.5) is 4.79 Å². The first-order valence-corrected chi connectivity index (χ1v) is 11.2. The summed E-state index contributed by atoms with van der Waals surface area (Å²) in [4.78, 5) is 33.7. The highest BCUT2D eigenvalue weighted by molar-refractivity contribution is 6.36. The van der Waals surface area contributed by atoms with Crippen LogP contribution in [0.25, 0.3) is 10.9 Å². The second-order valence-corrected chi connectivity index (χ2v) is 8.58. The number of benzene rings is 1. The van der Waals surface area contributed by atoms with Crippen LogP contribution in [0.5, 0.6) is 0 Å². The molecule has 1 atom stereocenters. The third kappa shape index (κ3) is 3.97. The zero-order valence-corrected chi connectivity index (χ0v) is 18.4. The van der Waals surface area contributed by atoms with Gasteiger partial charge in [-0.05, 0) is 56.7 Å². The number of piperazine rings is 1. The van der Waals surface area contributed by atoms with Crippen LogP contribution < -0.4 is 0 Å². The predicted octanol–water partition coefficient (Wildman–Crippen LogP) is 4.46. The van der Waals surface area contributed by atoms with Gasteiger partial charge in [-0.15, -0.1) is 0 Å². The van der Waals surface area contributed by atoms with Gasteiger partial charge in [-0.2, -0.15) is 0 Å². The number of hydrogen-bond donors (Lipinski definition) is 0. The Morgan fingerprint density at radius 2 is 2.03 bits per heavy atom. The molecule has 1 aliphatic heterocycles. The van der Waals surface area contributed by atoms with Crippen LogP contribution in [0.1, 0.15) is 54.7 Å². The van der Waals surface area contributed by atoms with E-state index in [-0.39, 0.29) is 18.0 Å². The van der Waals surface area contributed by atoms with E-state index in [0.717, 1.165) is 59.3 Å². The Labute approximate surface area is 182 Å². The summed E-state index contributed by atoms with van der Waals surface area (Å²) in [6.07, 6.45) is 4.68. The van der Waals surface area contributed by atoms with Crippen LogP contribution in [0.2, 0.25) is 5.02 Å². The van der Waals surface area contributed by atoms with Crippen molar-refractivity contribution in [2.75, 3.05) is 26.2 Å². The maximum absolute atomic E-state index is 13.1. The SMILES string of the molecule is CCCOC(=O)N1CCN(C(=O)c2ccc3c(Cl)c4c(nc3c2)CCCC4)CC1C. The number of ether oxygens (including phenoxy) is 1. The van der Waals surface area contributed by atoms with E-state index in [9.17, 15) is 9.59 Å². The van der Waals surface area contributed by atoms with Gasteiger partial charge < -0.3 is 14.5 Å². The minimum Gasteiger partial charge on any atom is -0.449 e. The van der Waals surface area contributed by atoms with Crippen LogP contribution in [0, 0.1) is 0 Å². The van der Waals surface area contributed by atoms with Crippen LogP contribution in [-0.2, 0) is 17.6 Å². The molecule has 0 N–H and O–H groups in total. The Kier molecular flexibility index (Phi) is 6.14. The number of carbonyl (C=O) groups excluding carboxylic acids is 2. The topological polar surface area (TPSA) is 62.7 Å². The molecule has 1 aromatic heterocycles. The van der Waals surface area contributed by atoms with Crippen molar-refractivity contribution in [2.24, 2.45) is 0 Å². The number of amides is 2. The summed E-state index contributed by atoms with van der Waals surface area (Å²) in [5.74, 6) is -0.0408. The van der Waals surface area contributed by atoms with Crippen LogP contribution in [0.3, 0.4) is 0 Å². The van der Waals surface area contributed by atoms with Crippen LogP contribution in [-0.4, -0.2) is 59.1 Å². The maximum atomic E-state index is 13.1. The lowest BCUT2D eigenvalue weighted by atomic mass is 9.94. The van der Waals surface area contributed by atoms with Gasteiger partial charge in [0.05, 0.1) is 17.1 Å². The fourth-order valence-corrected chi connectivity index (χ4v) is 4.73. The quantitative estimate of drug-likeness (QED) is 0.722. The number of pyridine rings is 1. The number of halogens is 1. The molecule has 1 saturated heterocycles. The van der Waals surface area contributed by atoms with E-state index >= 15 is 0 Å². The predicted molar refractivity (Wildman–Crippen MR) is 117 cm³/mol. The molecule has 2 aliphatic rings. The minimum atomic E-state index is -0.300. The van der Waals surface area contributed by atoms with Crippen molar-refractivity contribution < 1.29 is 14.3 Å². The lowest BCUT2D eigenvalue weighted by molar-refractivity contribution is 0.0412. The molecule has 1 aromatic carbocycles. The molecule has 6 nitrogen and oxygen atoms in total. The average molecular weight is 430 g/mol. The summed E-state index contributed by atoms with van der Waals surface area (Å²) in [5, 5.41) is 1.69. The van der Waals surface area contributed by atoms with Crippen molar-refractivity contribution in [3.05, 3.63) is 40.0 Å². The molecule has 1 fully saturated rings. The van der Waals surface area contributed by atoms with E-state index in [1.807, 2.05) is 32.0 Å². The molecule has 30 heavy (non-hydrogen) atoms. The first-order valence-electron chi connectivity index (χ1n) is 10.8. The van der Waals surface area contributed by atoms with E-state index < -0.39 is 0 Å². The number of hydrogen-bond acceptors (Lipinski definition) is 4. The highest BCUT2D eigenvalue weighted by Gasteiger charge is 2.31. The third-order valence-electron chi connectivity index (χ3n) is 6.02. The van der Waals surface area contributed by atoms with Gasteiger partial charge in [0.15, 0.2) is 0 Å². The van der Waals surface area contributed by atoms with Crippen molar-refractivity contribution in [3.8, 4) is 0 Å². The Hall–Kier alpha value is -2.34. The molecule has 0 bridgehead atoms. The van der Waals surface area contributed by atoms with Gasteiger partial charge >= 0.3 is 6.09 Å². The molecule has 7 heteroatoms. The number of aromatic nitrogens is 1. The highest BCUT2D eigenvalue weighted by Crippen LogP contribution is 2.33. The van der Waals surface area contributed by atoms with Gasteiger partial charge in [-0.25, -0.2) is 4.79 Å². The third-order valence-corrected chi connectivity index (χ3v) is 6.45. The van der Waals surface area contributed by atoms with Crippen molar-refractivity contribution >= 4 is 34.5 Å². The van der Waals surface area contributed by atoms with Gasteiger partial charge in [-0.3, -0.25) is 9.78 Å². The van der Waals surface area contributed by atoms with Gasteiger partial charge in [-0.1, -0.05) is 24.6 Å². The van der Waals surface area contributed by atoms with E-state index in [2.05, 4.69) is 0 Å². The van der Waals surface area contributed by atoms with E-state index in [1.54, 1.807) is 9.80 Å². The van der Waals surface area contributed by atoms with E-state index in [0.29, 0.717) is 31.8 Å². The number of nitrogens with zero attached hydrogens (tertiary/aromatic N) is 3. The largest absolute Gasteiger partial charge is 0.449 e. The van der Waals surface area contributed by atoms with Crippen LogP contribution >= 0.6 is 11.6 Å². The van der Waals surface area contributed by atoms with Crippen molar-refractivity contribution in [2.45, 2.75) is 52.0 Å². The molecule has 0 spiro atoms. The van der Waals surface area contributed by atoms with Crippen LogP contribution in [0.15, 0.2) is 18.2 Å². The summed E-state index contributed by atoms with van der Waals surface area (Å²) in [5.41, 5.74) is 3.61. The average Bonchev–Trinajstić information content (AvgIpc) is 2.76. The van der Waals surface area contributed by atoms with Gasteiger partial charge in [0.1, 0.15) is 0 Å². The summed E-state index contributed by atoms with van der Waals surface area (Å²) in [6, 6.07) is 5.51. The highest BCUT2D eigenvalue weighted by atomic mass is 35.5. The second kappa shape index (κ2) is 8.80. The molecule has 4 rings (SSSR count). The van der Waals surface area contributed by atoms with Crippen molar-refractivity contribution in [1.29, 1.82) is 0 Å². The first-order chi connectivity index (χ1) is 14.5. The number of fused-ring (bicyclic) bond motifs is 2. The standard InChI is InChI=1S/C23H28ClN3O3/c1-3-12-30-23(29)27-11-10-26(14-15(27)2)22(28)16-8-9-18-20(13-16)25-19-7-5-4-6-17(19)21(18)24/h8-9,13,15H,3-7,10-12,14H2,1-2H3. The van der Waals surface area contributed by atoms with Gasteiger partial charge in [0.2, 0.25) is 0 Å². The monoisotopic (exact) mass is 429 g/mol. The summed E-state index contributed by atoms with van der Waals surface area (Å²) < 4.78 is 5.25. The second-order valence-electron chi connectivity index (χ2n) is 8.20. The zero-order chi connectivity index (χ0) is 21.3. The minimum absolute atomic E-state index is 0.0408. The molecular formula is C23H28ClN3O3. The Morgan fingerprint density at radius 1 is 1.23 bits per heavy atom. The fraction of sp³-hybridized carbons (Fsp3) is 0.522. The van der Waals surface area contributed by atoms with Gasteiger partial charge in [0, 0.05) is 42.3 Å². The molecule has 0 radical (unpaired) electrons. The molecular weight excluding hydrogens is 402 g/mol. The molecule has 0 saturated carbocycles. The summed E-state index contributed by atoms with van der Waals surface area (Å²) >= 11 is 6.66. The number of rotatable bonds is 3. The first kappa shape index (κ1) is 20.9. The van der Waals surface area contributed by atoms with Gasteiger partial charge in [0.25, 0.3) is 5.91 Å². The van der Waals surface area contributed by atoms with Crippen molar-refractivity contribution in [1.82, 2.24) is 14.8 Å². The molecule has 1 unspecified atom stereocenters. The molecule has 2 amide bonds. The van der Waals surface area contributed by atoms with E-state index in [1.165, 1.54) is 0 Å². The number of aryl methyl sites for hydroxylation is 1. The molecule has 2 heterocycles. The Balaban J connectivity index is 1.52. The Bertz CT molecular complexity index is 978. The Morgan fingerprint density at radius 3 is 2.80 bits per heavy atom. The smallest absolute Gasteiger partial charge is 0.410 e. The molecule has 2 aromatic rings. The normalized spacial score (nSPS) is 19.0. The summed E-state index contributed by atoms with van der Waals surface area (Å²) in [6.45, 7) is 5.77. The lowest BCUT2D eigenvalue weighted by Gasteiger charge is -2.39. The summed E-state index contributed by atoms with van der Waals surface area (Å²) in [7, 11) is 0. The molecule has 1 aliphatic carbocycles. The lowest BCUT2D eigenvalue weighted by Crippen LogP contribution is -2.55. The number of carbonyl (C=O) groups is 2. The van der Waals surface area contributed by atoms with Crippen molar-refractivity contribution in [3.63, 3.8) is 0 Å². The zero-order valence-electron chi connectivity index (χ0n) is 17.6. The fourth-order valence-electron chi connectivity index (χ4n) is 4.37. The molecule has 160 valence electrons.